The number of nitrogens with zero attached hydrogens (tertiary/aromatic N) is 2. The van der Waals surface area contributed by atoms with Crippen LogP contribution in [0.15, 0.2) is 64.2 Å². The van der Waals surface area contributed by atoms with Gasteiger partial charge in [-0.05, 0) is 42.3 Å². The molecular formula is C22H22N2O3. The largest absolute Gasteiger partial charge is 0.494 e. The van der Waals surface area contributed by atoms with Crippen molar-refractivity contribution in [2.24, 2.45) is 14.1 Å². The van der Waals surface area contributed by atoms with Crippen LogP contribution < -0.4 is 26.6 Å². The fourth-order valence-corrected chi connectivity index (χ4v) is 2.86. The van der Waals surface area contributed by atoms with Gasteiger partial charge in [0.25, 0.3) is 11.1 Å². The molecule has 0 bridgehead atoms. The van der Waals surface area contributed by atoms with E-state index in [-0.39, 0.29) is 11.1 Å². The Balaban J connectivity index is 2.18. The standard InChI is InChI=1S/C22H22N2O3/c1-4-27-18-12-10-17(11-13-18)15-20-22(26)23(2)19(21(25)24(20)3)14-16-8-6-5-7-9-16/h5-15H,4H2,1-3H3/b19-14-,20-15-. The van der Waals surface area contributed by atoms with E-state index in [0.717, 1.165) is 16.9 Å². The Kier molecular flexibility index (Phi) is 5.41. The van der Waals surface area contributed by atoms with Crippen LogP contribution in [-0.4, -0.2) is 15.7 Å². The first kappa shape index (κ1) is 18.5. The summed E-state index contributed by atoms with van der Waals surface area (Å²) in [7, 11) is 3.24. The number of ether oxygens (including phenoxy) is 1. The van der Waals surface area contributed by atoms with E-state index in [4.69, 9.17) is 4.74 Å². The minimum Gasteiger partial charge on any atom is -0.494 e. The fraction of sp³-hybridized carbons (Fsp3) is 0.182. The van der Waals surface area contributed by atoms with Crippen LogP contribution in [0.4, 0.5) is 0 Å². The Morgan fingerprint density at radius 1 is 0.778 bits per heavy atom. The average Bonchev–Trinajstić information content (AvgIpc) is 2.69. The summed E-state index contributed by atoms with van der Waals surface area (Å²) >= 11 is 0. The SMILES string of the molecule is CCOc1ccc(/C=c2/c(=O)n(C)/c(=C\c3ccccc3)c(=O)n2C)cc1. The maximum Gasteiger partial charge on any atom is 0.274 e. The van der Waals surface area contributed by atoms with Gasteiger partial charge in [0.1, 0.15) is 16.4 Å². The van der Waals surface area contributed by atoms with Crippen molar-refractivity contribution < 1.29 is 4.74 Å². The fourth-order valence-electron chi connectivity index (χ4n) is 2.86. The highest BCUT2D eigenvalue weighted by atomic mass is 16.5. The van der Waals surface area contributed by atoms with E-state index in [1.807, 2.05) is 61.5 Å². The van der Waals surface area contributed by atoms with Crippen molar-refractivity contribution in [1.82, 2.24) is 9.13 Å². The van der Waals surface area contributed by atoms with E-state index in [2.05, 4.69) is 0 Å². The van der Waals surface area contributed by atoms with Crippen LogP contribution in [0.2, 0.25) is 0 Å². The van der Waals surface area contributed by atoms with Crippen LogP contribution >= 0.6 is 0 Å². The average molecular weight is 362 g/mol. The highest BCUT2D eigenvalue weighted by Gasteiger charge is 2.05. The molecular weight excluding hydrogens is 340 g/mol. The molecule has 2 aromatic carbocycles. The monoisotopic (exact) mass is 362 g/mol. The van der Waals surface area contributed by atoms with Crippen LogP contribution in [0.5, 0.6) is 5.75 Å². The minimum atomic E-state index is -0.229. The van der Waals surface area contributed by atoms with Gasteiger partial charge in [-0.25, -0.2) is 0 Å². The zero-order valence-electron chi connectivity index (χ0n) is 15.7. The molecule has 0 saturated heterocycles. The molecule has 0 atom stereocenters. The molecule has 0 fully saturated rings. The third-order valence-corrected chi connectivity index (χ3v) is 4.37. The Bertz CT molecular complexity index is 1170. The summed E-state index contributed by atoms with van der Waals surface area (Å²) < 4.78 is 8.22. The Morgan fingerprint density at radius 3 is 1.74 bits per heavy atom. The molecule has 0 aliphatic rings. The molecule has 27 heavy (non-hydrogen) atoms. The van der Waals surface area contributed by atoms with Crippen molar-refractivity contribution in [2.75, 3.05) is 6.61 Å². The second kappa shape index (κ2) is 7.91. The lowest BCUT2D eigenvalue weighted by Gasteiger charge is -2.06. The molecule has 0 saturated carbocycles. The molecule has 0 N–H and O–H groups in total. The minimum absolute atomic E-state index is 0.224. The summed E-state index contributed by atoms with van der Waals surface area (Å²) in [5.41, 5.74) is 1.24. The van der Waals surface area contributed by atoms with E-state index in [1.54, 1.807) is 26.2 Å². The maximum atomic E-state index is 12.9. The van der Waals surface area contributed by atoms with Crippen LogP contribution in [-0.2, 0) is 14.1 Å². The summed E-state index contributed by atoms with van der Waals surface area (Å²) in [6, 6.07) is 16.9. The van der Waals surface area contributed by atoms with Gasteiger partial charge in [0.15, 0.2) is 0 Å². The van der Waals surface area contributed by atoms with Crippen molar-refractivity contribution in [3.63, 3.8) is 0 Å². The quantitative estimate of drug-likeness (QED) is 0.699. The molecule has 0 spiro atoms. The molecule has 5 heteroatoms. The van der Waals surface area contributed by atoms with E-state index in [0.29, 0.717) is 17.3 Å². The lowest BCUT2D eigenvalue weighted by Crippen LogP contribution is -2.56. The van der Waals surface area contributed by atoms with Gasteiger partial charge in [-0.2, -0.15) is 0 Å². The summed E-state index contributed by atoms with van der Waals surface area (Å²) in [4.78, 5) is 25.7. The van der Waals surface area contributed by atoms with Crippen molar-refractivity contribution in [1.29, 1.82) is 0 Å². The second-order valence-corrected chi connectivity index (χ2v) is 6.20. The lowest BCUT2D eigenvalue weighted by atomic mass is 10.2. The van der Waals surface area contributed by atoms with Gasteiger partial charge in [0, 0.05) is 14.1 Å². The van der Waals surface area contributed by atoms with Gasteiger partial charge in [0.2, 0.25) is 0 Å². The topological polar surface area (TPSA) is 53.2 Å². The zero-order chi connectivity index (χ0) is 19.4. The number of rotatable bonds is 4. The van der Waals surface area contributed by atoms with Gasteiger partial charge < -0.3 is 13.9 Å². The molecule has 138 valence electrons. The second-order valence-electron chi connectivity index (χ2n) is 6.20. The zero-order valence-corrected chi connectivity index (χ0v) is 15.7. The molecule has 1 heterocycles. The van der Waals surface area contributed by atoms with Gasteiger partial charge in [-0.15, -0.1) is 0 Å². The molecule has 3 aromatic rings. The van der Waals surface area contributed by atoms with Gasteiger partial charge in [-0.1, -0.05) is 42.5 Å². The van der Waals surface area contributed by atoms with Crippen molar-refractivity contribution in [3.05, 3.63) is 97.1 Å². The number of hydrogen-bond acceptors (Lipinski definition) is 3. The van der Waals surface area contributed by atoms with Gasteiger partial charge in [-0.3, -0.25) is 9.59 Å². The van der Waals surface area contributed by atoms with Crippen molar-refractivity contribution in [3.8, 4) is 5.75 Å². The van der Waals surface area contributed by atoms with E-state index >= 15 is 0 Å². The van der Waals surface area contributed by atoms with Crippen molar-refractivity contribution >= 4 is 12.2 Å². The molecule has 0 aliphatic heterocycles. The van der Waals surface area contributed by atoms with Crippen LogP contribution in [0.25, 0.3) is 12.2 Å². The first-order chi connectivity index (χ1) is 13.0. The number of benzene rings is 2. The predicted octanol–water partition coefficient (Wildman–Crippen LogP) is 1.14. The van der Waals surface area contributed by atoms with E-state index < -0.39 is 0 Å². The third kappa shape index (κ3) is 3.92. The molecule has 5 nitrogen and oxygen atoms in total. The molecule has 1 aromatic heterocycles. The van der Waals surface area contributed by atoms with E-state index in [9.17, 15) is 9.59 Å². The van der Waals surface area contributed by atoms with Crippen LogP contribution in [0, 0.1) is 0 Å². The molecule has 0 radical (unpaired) electrons. The van der Waals surface area contributed by atoms with Crippen molar-refractivity contribution in [2.45, 2.75) is 6.92 Å². The normalized spacial score (nSPS) is 12.4. The Hall–Kier alpha value is -3.34. The smallest absolute Gasteiger partial charge is 0.274 e. The summed E-state index contributed by atoms with van der Waals surface area (Å²) in [5.74, 6) is 0.768. The van der Waals surface area contributed by atoms with Gasteiger partial charge >= 0.3 is 0 Å². The third-order valence-electron chi connectivity index (χ3n) is 4.37. The highest BCUT2D eigenvalue weighted by molar-refractivity contribution is 5.50. The van der Waals surface area contributed by atoms with Crippen LogP contribution in [0.3, 0.4) is 0 Å². The highest BCUT2D eigenvalue weighted by Crippen LogP contribution is 2.12. The molecule has 0 amide bonds. The maximum absolute atomic E-state index is 12.9. The molecule has 3 rings (SSSR count). The lowest BCUT2D eigenvalue weighted by molar-refractivity contribution is 0.340. The van der Waals surface area contributed by atoms with Crippen LogP contribution in [0.1, 0.15) is 18.1 Å². The predicted molar refractivity (Wildman–Crippen MR) is 107 cm³/mol. The number of aromatic nitrogens is 2. The Labute approximate surface area is 157 Å². The first-order valence-electron chi connectivity index (χ1n) is 8.78. The summed E-state index contributed by atoms with van der Waals surface area (Å²) in [5, 5.41) is 0.675. The summed E-state index contributed by atoms with van der Waals surface area (Å²) in [6.07, 6.45) is 3.44. The summed E-state index contributed by atoms with van der Waals surface area (Å²) in [6.45, 7) is 2.52. The molecule has 0 aliphatic carbocycles. The number of hydrogen-bond donors (Lipinski definition) is 0. The first-order valence-corrected chi connectivity index (χ1v) is 8.78. The van der Waals surface area contributed by atoms with Gasteiger partial charge in [0.05, 0.1) is 6.61 Å². The Morgan fingerprint density at radius 2 is 1.26 bits per heavy atom. The van der Waals surface area contributed by atoms with E-state index in [1.165, 1.54) is 9.13 Å². The molecule has 0 unspecified atom stereocenters.